The molecule has 0 saturated heterocycles. The normalized spacial score (nSPS) is 10.8. The van der Waals surface area contributed by atoms with E-state index < -0.39 is 5.97 Å². The molecule has 0 bridgehead atoms. The summed E-state index contributed by atoms with van der Waals surface area (Å²) < 4.78 is 5.71. The largest absolute Gasteiger partial charge is 0.480 e. The average Bonchev–Trinajstić information content (AvgIpc) is 3.03. The van der Waals surface area contributed by atoms with Gasteiger partial charge in [0, 0.05) is 24.9 Å². The lowest BCUT2D eigenvalue weighted by molar-refractivity contribution is -0.144. The Hall–Kier alpha value is -2.63. The van der Waals surface area contributed by atoms with E-state index in [9.17, 15) is 9.59 Å². The molecule has 6 heteroatoms. The third-order valence-corrected chi connectivity index (χ3v) is 3.66. The Balaban J connectivity index is 1.86. The van der Waals surface area contributed by atoms with Gasteiger partial charge >= 0.3 is 5.97 Å². The summed E-state index contributed by atoms with van der Waals surface area (Å²) in [7, 11) is 0. The van der Waals surface area contributed by atoms with Gasteiger partial charge in [-0.2, -0.15) is 0 Å². The van der Waals surface area contributed by atoms with Crippen LogP contribution in [0.3, 0.4) is 0 Å². The molecule has 0 radical (unpaired) electrons. The lowest BCUT2D eigenvalue weighted by atomic mass is 10.1. The molecule has 0 aliphatic carbocycles. The zero-order valence-corrected chi connectivity index (χ0v) is 14.6. The third kappa shape index (κ3) is 6.06. The van der Waals surface area contributed by atoms with Gasteiger partial charge in [0.1, 0.15) is 6.54 Å². The fourth-order valence-corrected chi connectivity index (χ4v) is 2.57. The zero-order chi connectivity index (χ0) is 18.2. The number of hydrogen-bond acceptors (Lipinski definition) is 4. The first-order chi connectivity index (χ1) is 12.0. The monoisotopic (exact) mass is 344 g/mol. The molecule has 0 aliphatic rings. The summed E-state index contributed by atoms with van der Waals surface area (Å²) in [5, 5.41) is 8.94. The van der Waals surface area contributed by atoms with Crippen molar-refractivity contribution in [3.63, 3.8) is 0 Å². The highest BCUT2D eigenvalue weighted by molar-refractivity contribution is 5.81. The Labute approximate surface area is 147 Å². The summed E-state index contributed by atoms with van der Waals surface area (Å²) in [6.45, 7) is 4.11. The summed E-state index contributed by atoms with van der Waals surface area (Å²) in [5.41, 5.74) is 0.960. The number of carboxylic acid groups (broad SMARTS) is 1. The van der Waals surface area contributed by atoms with E-state index in [0.29, 0.717) is 31.0 Å². The molecule has 0 atom stereocenters. The van der Waals surface area contributed by atoms with Crippen molar-refractivity contribution < 1.29 is 19.1 Å². The standard InChI is InChI=1S/C19H24N2O4/c1-14(2)12-21(13-19(23)24)18(22)10-6-9-17-20-11-16(25-17)15-7-4-3-5-8-15/h3-5,7-8,11,14H,6,9-10,12-13H2,1-2H3,(H,23,24). The summed E-state index contributed by atoms with van der Waals surface area (Å²) >= 11 is 0. The molecule has 134 valence electrons. The summed E-state index contributed by atoms with van der Waals surface area (Å²) in [5.74, 6) is 0.373. The van der Waals surface area contributed by atoms with Crippen LogP contribution >= 0.6 is 0 Å². The van der Waals surface area contributed by atoms with E-state index in [-0.39, 0.29) is 24.8 Å². The number of aliphatic carboxylic acids is 1. The Bertz CT molecular complexity index is 694. The minimum Gasteiger partial charge on any atom is -0.480 e. The van der Waals surface area contributed by atoms with E-state index in [1.807, 2.05) is 44.2 Å². The molecule has 0 saturated carbocycles. The van der Waals surface area contributed by atoms with E-state index in [1.54, 1.807) is 6.20 Å². The number of oxazole rings is 1. The van der Waals surface area contributed by atoms with Crippen molar-refractivity contribution in [2.45, 2.75) is 33.1 Å². The Morgan fingerprint density at radius 3 is 2.60 bits per heavy atom. The second kappa shape index (κ2) is 9.01. The van der Waals surface area contributed by atoms with Gasteiger partial charge in [0.15, 0.2) is 11.7 Å². The predicted octanol–water partition coefficient (Wildman–Crippen LogP) is 3.23. The molecule has 0 aliphatic heterocycles. The van der Waals surface area contributed by atoms with Crippen molar-refractivity contribution in [3.8, 4) is 11.3 Å². The first-order valence-electron chi connectivity index (χ1n) is 8.45. The predicted molar refractivity (Wildman–Crippen MR) is 93.9 cm³/mol. The Morgan fingerprint density at radius 1 is 1.24 bits per heavy atom. The smallest absolute Gasteiger partial charge is 0.323 e. The van der Waals surface area contributed by atoms with Crippen LogP contribution in [0.1, 0.15) is 32.6 Å². The van der Waals surface area contributed by atoms with Crippen LogP contribution in [0.2, 0.25) is 0 Å². The van der Waals surface area contributed by atoms with Gasteiger partial charge in [0.2, 0.25) is 5.91 Å². The van der Waals surface area contributed by atoms with Gasteiger partial charge in [-0.15, -0.1) is 0 Å². The summed E-state index contributed by atoms with van der Waals surface area (Å²) in [6, 6.07) is 9.70. The van der Waals surface area contributed by atoms with E-state index in [1.165, 1.54) is 4.90 Å². The number of carbonyl (C=O) groups excluding carboxylic acids is 1. The number of benzene rings is 1. The second-order valence-corrected chi connectivity index (χ2v) is 6.40. The highest BCUT2D eigenvalue weighted by atomic mass is 16.4. The number of hydrogen-bond donors (Lipinski definition) is 1. The molecular weight excluding hydrogens is 320 g/mol. The van der Waals surface area contributed by atoms with Crippen LogP contribution in [0, 0.1) is 5.92 Å². The molecule has 25 heavy (non-hydrogen) atoms. The molecule has 0 unspecified atom stereocenters. The average molecular weight is 344 g/mol. The molecule has 2 rings (SSSR count). The van der Waals surface area contributed by atoms with Gasteiger partial charge in [-0.1, -0.05) is 44.2 Å². The Morgan fingerprint density at radius 2 is 1.96 bits per heavy atom. The maximum Gasteiger partial charge on any atom is 0.323 e. The highest BCUT2D eigenvalue weighted by Gasteiger charge is 2.18. The maximum atomic E-state index is 12.2. The molecule has 1 amide bonds. The highest BCUT2D eigenvalue weighted by Crippen LogP contribution is 2.20. The third-order valence-electron chi connectivity index (χ3n) is 3.66. The lowest BCUT2D eigenvalue weighted by Crippen LogP contribution is -2.38. The summed E-state index contributed by atoms with van der Waals surface area (Å²) in [4.78, 5) is 28.8. The topological polar surface area (TPSA) is 83.6 Å². The van der Waals surface area contributed by atoms with Gasteiger partial charge in [-0.25, -0.2) is 4.98 Å². The van der Waals surface area contributed by atoms with Crippen molar-refractivity contribution >= 4 is 11.9 Å². The number of nitrogens with zero attached hydrogens (tertiary/aromatic N) is 2. The molecule has 6 nitrogen and oxygen atoms in total. The number of carboxylic acids is 1. The van der Waals surface area contributed by atoms with E-state index in [0.717, 1.165) is 5.56 Å². The molecule has 1 aromatic heterocycles. The van der Waals surface area contributed by atoms with Crippen LogP contribution in [0.5, 0.6) is 0 Å². The number of aryl methyl sites for hydroxylation is 1. The van der Waals surface area contributed by atoms with Crippen LogP contribution < -0.4 is 0 Å². The van der Waals surface area contributed by atoms with Crippen molar-refractivity contribution in [2.24, 2.45) is 5.92 Å². The molecular formula is C19H24N2O4. The van der Waals surface area contributed by atoms with E-state index in [2.05, 4.69) is 4.98 Å². The van der Waals surface area contributed by atoms with Crippen LogP contribution in [-0.2, 0) is 16.0 Å². The van der Waals surface area contributed by atoms with Gasteiger partial charge in [0.05, 0.1) is 6.20 Å². The minimum absolute atomic E-state index is 0.147. The van der Waals surface area contributed by atoms with Crippen molar-refractivity contribution in [1.82, 2.24) is 9.88 Å². The lowest BCUT2D eigenvalue weighted by Gasteiger charge is -2.22. The molecule has 0 fully saturated rings. The molecule has 1 heterocycles. The van der Waals surface area contributed by atoms with Crippen LogP contribution in [0.25, 0.3) is 11.3 Å². The fourth-order valence-electron chi connectivity index (χ4n) is 2.57. The van der Waals surface area contributed by atoms with Crippen LogP contribution in [0.4, 0.5) is 0 Å². The maximum absolute atomic E-state index is 12.2. The van der Waals surface area contributed by atoms with Gasteiger partial charge in [0.25, 0.3) is 0 Å². The van der Waals surface area contributed by atoms with E-state index >= 15 is 0 Å². The second-order valence-electron chi connectivity index (χ2n) is 6.40. The first kappa shape index (κ1) is 18.7. The number of amides is 1. The van der Waals surface area contributed by atoms with Gasteiger partial charge in [-0.05, 0) is 12.3 Å². The number of aromatic nitrogens is 1. The molecule has 1 aromatic carbocycles. The first-order valence-corrected chi connectivity index (χ1v) is 8.45. The van der Waals surface area contributed by atoms with Crippen molar-refractivity contribution in [1.29, 1.82) is 0 Å². The zero-order valence-electron chi connectivity index (χ0n) is 14.6. The van der Waals surface area contributed by atoms with Crippen molar-refractivity contribution in [3.05, 3.63) is 42.4 Å². The van der Waals surface area contributed by atoms with Gasteiger partial charge < -0.3 is 14.4 Å². The molecule has 1 N–H and O–H groups in total. The molecule has 0 spiro atoms. The number of carbonyl (C=O) groups is 2. The van der Waals surface area contributed by atoms with E-state index in [4.69, 9.17) is 9.52 Å². The quantitative estimate of drug-likeness (QED) is 0.755. The Kier molecular flexibility index (Phi) is 6.74. The molecule has 2 aromatic rings. The summed E-state index contributed by atoms with van der Waals surface area (Å²) in [6.07, 6.45) is 3.08. The minimum atomic E-state index is -0.991. The number of rotatable bonds is 9. The van der Waals surface area contributed by atoms with Crippen molar-refractivity contribution in [2.75, 3.05) is 13.1 Å². The SMILES string of the molecule is CC(C)CN(CC(=O)O)C(=O)CCCc1ncc(-c2ccccc2)o1. The van der Waals surface area contributed by atoms with Crippen LogP contribution in [0.15, 0.2) is 40.9 Å². The van der Waals surface area contributed by atoms with Gasteiger partial charge in [-0.3, -0.25) is 9.59 Å². The van der Waals surface area contributed by atoms with Crippen LogP contribution in [-0.4, -0.2) is 40.0 Å². The fraction of sp³-hybridized carbons (Fsp3) is 0.421.